The number of ether oxygens (including phenoxy) is 1. The number of benzene rings is 1. The van der Waals surface area contributed by atoms with Gasteiger partial charge in [-0.25, -0.2) is 0 Å². The molecule has 1 aliphatic heterocycles. The predicted molar refractivity (Wildman–Crippen MR) is 93.1 cm³/mol. The summed E-state index contributed by atoms with van der Waals surface area (Å²) in [5, 5.41) is 17.8. The summed E-state index contributed by atoms with van der Waals surface area (Å²) in [5.41, 5.74) is 2.91. The van der Waals surface area contributed by atoms with E-state index >= 15 is 0 Å². The first kappa shape index (κ1) is 16.2. The molecule has 2 aromatic heterocycles. The quantitative estimate of drug-likeness (QED) is 0.684. The molecule has 0 saturated carbocycles. The van der Waals surface area contributed by atoms with Gasteiger partial charge in [-0.15, -0.1) is 0 Å². The van der Waals surface area contributed by atoms with Crippen LogP contribution in [0, 0.1) is 0 Å². The van der Waals surface area contributed by atoms with Gasteiger partial charge in [-0.05, 0) is 17.7 Å². The minimum absolute atomic E-state index is 0.0656. The molecule has 3 heterocycles. The zero-order valence-electron chi connectivity index (χ0n) is 13.9. The predicted octanol–water partition coefficient (Wildman–Crippen LogP) is 1.86. The Kier molecular flexibility index (Phi) is 4.48. The SMILES string of the molecule is OCCc1cc(CC2(NCc3cnc4ccccc4c3)COC2)no1. The van der Waals surface area contributed by atoms with Crippen LogP contribution in [0.3, 0.4) is 0 Å². The van der Waals surface area contributed by atoms with Crippen molar-refractivity contribution in [1.29, 1.82) is 0 Å². The lowest BCUT2D eigenvalue weighted by Crippen LogP contribution is -2.61. The number of para-hydroxylation sites is 1. The van der Waals surface area contributed by atoms with E-state index in [-0.39, 0.29) is 12.1 Å². The van der Waals surface area contributed by atoms with E-state index in [0.717, 1.165) is 35.1 Å². The lowest BCUT2D eigenvalue weighted by Gasteiger charge is -2.42. The number of aromatic nitrogens is 2. The molecule has 1 aromatic carbocycles. The van der Waals surface area contributed by atoms with Gasteiger partial charge in [0.15, 0.2) is 0 Å². The Morgan fingerprint density at radius 2 is 2.08 bits per heavy atom. The largest absolute Gasteiger partial charge is 0.396 e. The number of hydrogen-bond donors (Lipinski definition) is 2. The van der Waals surface area contributed by atoms with Gasteiger partial charge in [0, 0.05) is 37.0 Å². The number of aliphatic hydroxyl groups excluding tert-OH is 1. The van der Waals surface area contributed by atoms with Crippen molar-refractivity contribution in [3.05, 3.63) is 59.6 Å². The summed E-state index contributed by atoms with van der Waals surface area (Å²) in [7, 11) is 0. The van der Waals surface area contributed by atoms with E-state index in [9.17, 15) is 0 Å². The van der Waals surface area contributed by atoms with Gasteiger partial charge in [0.25, 0.3) is 0 Å². The standard InChI is InChI=1S/C19H21N3O3/c23-6-5-17-8-16(22-25-17)9-19(12-24-13-19)21-11-14-7-15-3-1-2-4-18(15)20-10-14/h1-4,7-8,10,21,23H,5-6,9,11-13H2. The van der Waals surface area contributed by atoms with Gasteiger partial charge in [0.1, 0.15) is 5.76 Å². The van der Waals surface area contributed by atoms with Crippen molar-refractivity contribution in [2.24, 2.45) is 0 Å². The molecule has 4 rings (SSSR count). The molecule has 2 N–H and O–H groups in total. The number of aliphatic hydroxyl groups is 1. The highest BCUT2D eigenvalue weighted by Crippen LogP contribution is 2.23. The van der Waals surface area contributed by atoms with Gasteiger partial charge in [-0.3, -0.25) is 4.98 Å². The first-order valence-corrected chi connectivity index (χ1v) is 8.48. The van der Waals surface area contributed by atoms with Gasteiger partial charge in [0.2, 0.25) is 0 Å². The molecular formula is C19H21N3O3. The number of hydrogen-bond acceptors (Lipinski definition) is 6. The third-order valence-corrected chi connectivity index (χ3v) is 4.56. The van der Waals surface area contributed by atoms with Crippen LogP contribution in [0.15, 0.2) is 47.1 Å². The Balaban J connectivity index is 1.43. The van der Waals surface area contributed by atoms with Crippen LogP contribution in [0.5, 0.6) is 0 Å². The zero-order chi connectivity index (χ0) is 17.1. The van der Waals surface area contributed by atoms with Crippen LogP contribution < -0.4 is 5.32 Å². The summed E-state index contributed by atoms with van der Waals surface area (Å²) in [6.45, 7) is 2.09. The Bertz CT molecular complexity index is 858. The monoisotopic (exact) mass is 339 g/mol. The Morgan fingerprint density at radius 3 is 2.88 bits per heavy atom. The molecule has 25 heavy (non-hydrogen) atoms. The maximum Gasteiger partial charge on any atom is 0.139 e. The molecule has 0 aliphatic carbocycles. The molecule has 130 valence electrons. The molecule has 0 spiro atoms. The number of nitrogens with zero attached hydrogens (tertiary/aromatic N) is 2. The summed E-state index contributed by atoms with van der Waals surface area (Å²) in [4.78, 5) is 4.51. The molecule has 0 radical (unpaired) electrons. The summed E-state index contributed by atoms with van der Waals surface area (Å²) >= 11 is 0. The molecule has 0 unspecified atom stereocenters. The Labute approximate surface area is 145 Å². The minimum Gasteiger partial charge on any atom is -0.396 e. The number of nitrogens with one attached hydrogen (secondary N) is 1. The lowest BCUT2D eigenvalue weighted by atomic mass is 9.91. The van der Waals surface area contributed by atoms with Crippen molar-refractivity contribution in [1.82, 2.24) is 15.5 Å². The van der Waals surface area contributed by atoms with Crippen LogP contribution >= 0.6 is 0 Å². The third-order valence-electron chi connectivity index (χ3n) is 4.56. The summed E-state index contributed by atoms with van der Waals surface area (Å²) < 4.78 is 10.7. The van der Waals surface area contributed by atoms with Crippen molar-refractivity contribution in [2.45, 2.75) is 24.9 Å². The highest BCUT2D eigenvalue weighted by Gasteiger charge is 2.39. The lowest BCUT2D eigenvalue weighted by molar-refractivity contribution is -0.0755. The first-order valence-electron chi connectivity index (χ1n) is 8.48. The van der Waals surface area contributed by atoms with E-state index in [2.05, 4.69) is 27.6 Å². The summed E-state index contributed by atoms with van der Waals surface area (Å²) in [6, 6.07) is 12.2. The fourth-order valence-electron chi connectivity index (χ4n) is 3.13. The molecule has 3 aromatic rings. The molecule has 0 bridgehead atoms. The van der Waals surface area contributed by atoms with Gasteiger partial charge >= 0.3 is 0 Å². The van der Waals surface area contributed by atoms with Gasteiger partial charge in [0.05, 0.1) is 36.6 Å². The number of fused-ring (bicyclic) bond motifs is 1. The van der Waals surface area contributed by atoms with Crippen LogP contribution in [0.1, 0.15) is 17.0 Å². The summed E-state index contributed by atoms with van der Waals surface area (Å²) in [6.07, 6.45) is 3.15. The fraction of sp³-hybridized carbons (Fsp3) is 0.368. The molecule has 6 heteroatoms. The topological polar surface area (TPSA) is 80.4 Å². The van der Waals surface area contributed by atoms with Crippen LogP contribution in [0.2, 0.25) is 0 Å². The number of pyridine rings is 1. The van der Waals surface area contributed by atoms with E-state index in [4.69, 9.17) is 14.4 Å². The van der Waals surface area contributed by atoms with Crippen LogP contribution in [0.25, 0.3) is 10.9 Å². The summed E-state index contributed by atoms with van der Waals surface area (Å²) in [5.74, 6) is 0.714. The average molecular weight is 339 g/mol. The minimum atomic E-state index is -0.126. The number of rotatable bonds is 7. The average Bonchev–Trinajstić information content (AvgIpc) is 3.04. The molecule has 0 atom stereocenters. The van der Waals surface area contributed by atoms with Crippen molar-refractivity contribution in [3.63, 3.8) is 0 Å². The second-order valence-corrected chi connectivity index (χ2v) is 6.60. The second kappa shape index (κ2) is 6.92. The van der Waals surface area contributed by atoms with Crippen LogP contribution in [-0.4, -0.2) is 40.6 Å². The van der Waals surface area contributed by atoms with Crippen LogP contribution in [0.4, 0.5) is 0 Å². The van der Waals surface area contributed by atoms with Crippen molar-refractivity contribution >= 4 is 10.9 Å². The van der Waals surface area contributed by atoms with Crippen molar-refractivity contribution < 1.29 is 14.4 Å². The van der Waals surface area contributed by atoms with E-state index in [1.807, 2.05) is 30.5 Å². The van der Waals surface area contributed by atoms with Gasteiger partial charge in [-0.2, -0.15) is 0 Å². The smallest absolute Gasteiger partial charge is 0.139 e. The van der Waals surface area contributed by atoms with Gasteiger partial charge < -0.3 is 19.7 Å². The Morgan fingerprint density at radius 1 is 1.20 bits per heavy atom. The van der Waals surface area contributed by atoms with Crippen LogP contribution in [-0.2, 0) is 24.1 Å². The van der Waals surface area contributed by atoms with E-state index in [1.165, 1.54) is 0 Å². The first-order chi connectivity index (χ1) is 12.3. The molecule has 1 saturated heterocycles. The highest BCUT2D eigenvalue weighted by molar-refractivity contribution is 5.78. The van der Waals surface area contributed by atoms with E-state index < -0.39 is 0 Å². The Hall–Kier alpha value is -2.28. The maximum atomic E-state index is 8.98. The second-order valence-electron chi connectivity index (χ2n) is 6.60. The van der Waals surface area contributed by atoms with E-state index in [0.29, 0.717) is 25.4 Å². The molecule has 1 aliphatic rings. The zero-order valence-corrected chi connectivity index (χ0v) is 13.9. The molecular weight excluding hydrogens is 318 g/mol. The fourth-order valence-corrected chi connectivity index (χ4v) is 3.13. The van der Waals surface area contributed by atoms with Crippen molar-refractivity contribution in [2.75, 3.05) is 19.8 Å². The molecule has 6 nitrogen and oxygen atoms in total. The van der Waals surface area contributed by atoms with Crippen molar-refractivity contribution in [3.8, 4) is 0 Å². The molecule has 1 fully saturated rings. The normalized spacial score (nSPS) is 16.0. The van der Waals surface area contributed by atoms with E-state index in [1.54, 1.807) is 0 Å². The highest BCUT2D eigenvalue weighted by atomic mass is 16.5. The maximum absolute atomic E-state index is 8.98. The van der Waals surface area contributed by atoms with Gasteiger partial charge in [-0.1, -0.05) is 23.4 Å². The third kappa shape index (κ3) is 3.56. The molecule has 0 amide bonds.